The van der Waals surface area contributed by atoms with Crippen molar-refractivity contribution in [3.8, 4) is 46.0 Å². The normalized spacial score (nSPS) is 20.9. The number of likely N-dealkylation sites (N-methyl/N-ethyl adjacent to an activating group) is 2. The molecule has 4 aliphatic rings. The summed E-state index contributed by atoms with van der Waals surface area (Å²) in [5.74, 6) is 2.09. The lowest BCUT2D eigenvalue weighted by Crippen LogP contribution is -2.63. The van der Waals surface area contributed by atoms with Gasteiger partial charge in [0.25, 0.3) is 0 Å². The zero-order chi connectivity index (χ0) is 38.3. The first-order chi connectivity index (χ1) is 26.0. The van der Waals surface area contributed by atoms with Crippen LogP contribution >= 0.6 is 0 Å². The molecule has 0 amide bonds. The molecule has 0 spiro atoms. The number of aliphatic carboxylic acids is 1. The lowest BCUT2D eigenvalue weighted by Gasteiger charge is -2.50. The van der Waals surface area contributed by atoms with E-state index < -0.39 is 18.0 Å². The van der Waals surface area contributed by atoms with E-state index in [1.807, 2.05) is 74.6 Å². The average molecular weight is 737 g/mol. The summed E-state index contributed by atoms with van der Waals surface area (Å²) in [5, 5.41) is 12.8. The van der Waals surface area contributed by atoms with E-state index in [1.165, 1.54) is 6.92 Å². The van der Waals surface area contributed by atoms with Crippen molar-refractivity contribution in [1.29, 1.82) is 0 Å². The molecule has 0 N–H and O–H groups in total. The van der Waals surface area contributed by atoms with E-state index in [4.69, 9.17) is 28.4 Å². The molecular formula is C43H48N2O9. The topological polar surface area (TPSA) is 116 Å². The maximum absolute atomic E-state index is 12.8. The summed E-state index contributed by atoms with van der Waals surface area (Å²) < 4.78 is 37.2. The van der Waals surface area contributed by atoms with E-state index in [9.17, 15) is 14.7 Å². The SMILES string of the molecule is CCC(C(=O)[O-])[N+]1(C)CCc2cc(OC)c3cc2C1Cc1ccc(cc1)Oc1cc(ccc1OC)CC1c2c(cc(OC)c(OC(C)=O)c2O3)CCN1C. The molecule has 11 heteroatoms. The Morgan fingerprint density at radius 2 is 1.56 bits per heavy atom. The number of rotatable bonds is 7. The van der Waals surface area contributed by atoms with E-state index in [0.717, 1.165) is 39.9 Å². The van der Waals surface area contributed by atoms with Crippen LogP contribution in [0.25, 0.3) is 0 Å². The number of carboxylic acids is 1. The fourth-order valence-corrected chi connectivity index (χ4v) is 8.72. The van der Waals surface area contributed by atoms with Gasteiger partial charge < -0.3 is 42.8 Å². The predicted octanol–water partition coefficient (Wildman–Crippen LogP) is 6.12. The first kappa shape index (κ1) is 37.1. The second kappa shape index (κ2) is 14.9. The molecule has 4 unspecified atom stereocenters. The Kier molecular flexibility index (Phi) is 10.2. The summed E-state index contributed by atoms with van der Waals surface area (Å²) >= 11 is 0. The Bertz CT molecular complexity index is 2080. The molecule has 0 saturated carbocycles. The molecule has 284 valence electrons. The van der Waals surface area contributed by atoms with Gasteiger partial charge in [-0.25, -0.2) is 0 Å². The minimum atomic E-state index is -1.07. The van der Waals surface area contributed by atoms with Crippen LogP contribution < -0.4 is 33.5 Å². The van der Waals surface area contributed by atoms with Crippen molar-refractivity contribution in [3.05, 3.63) is 94.0 Å². The number of nitrogens with zero attached hydrogens (tertiary/aromatic N) is 2. The standard InChI is InChI=1S/C43H48N2O9/c1-8-33(43(47)48)45(4)18-16-28-22-36(50-6)38-24-31(28)34(45)20-26-9-12-30(13-10-26)53-37-21-27(11-14-35(37)49-5)19-32-40-29(15-17-44(32)3)23-39(51-7)41(42(40)54-38)52-25(2)46/h9-14,21-24,32-34H,8,15-20H2,1-7H3. The van der Waals surface area contributed by atoms with E-state index in [-0.39, 0.29) is 22.3 Å². The third kappa shape index (κ3) is 6.71. The average Bonchev–Trinajstić information content (AvgIpc) is 3.15. The molecule has 6 bridgehead atoms. The molecule has 54 heavy (non-hydrogen) atoms. The maximum atomic E-state index is 12.8. The van der Waals surface area contributed by atoms with Crippen molar-refractivity contribution in [2.75, 3.05) is 48.5 Å². The van der Waals surface area contributed by atoms with Crippen LogP contribution in [0.2, 0.25) is 0 Å². The van der Waals surface area contributed by atoms with E-state index in [0.29, 0.717) is 78.9 Å². The Labute approximate surface area is 316 Å². The van der Waals surface area contributed by atoms with Crippen LogP contribution in [0.5, 0.6) is 46.0 Å². The van der Waals surface area contributed by atoms with E-state index >= 15 is 0 Å². The molecule has 4 aliphatic heterocycles. The minimum Gasteiger partial charge on any atom is -0.544 e. The van der Waals surface area contributed by atoms with E-state index in [1.54, 1.807) is 21.3 Å². The predicted molar refractivity (Wildman–Crippen MR) is 200 cm³/mol. The van der Waals surface area contributed by atoms with Gasteiger partial charge in [-0.05, 0) is 84.6 Å². The summed E-state index contributed by atoms with van der Waals surface area (Å²) in [4.78, 5) is 27.7. The summed E-state index contributed by atoms with van der Waals surface area (Å²) in [7, 11) is 8.86. The molecule has 4 aromatic rings. The van der Waals surface area contributed by atoms with Gasteiger partial charge in [-0.15, -0.1) is 0 Å². The van der Waals surface area contributed by atoms with Gasteiger partial charge in [0.15, 0.2) is 34.5 Å². The third-order valence-corrected chi connectivity index (χ3v) is 11.6. The van der Waals surface area contributed by atoms with Gasteiger partial charge in [0.2, 0.25) is 5.75 Å². The lowest BCUT2D eigenvalue weighted by atomic mass is 9.84. The minimum absolute atomic E-state index is 0.177. The van der Waals surface area contributed by atoms with Crippen LogP contribution in [-0.2, 0) is 35.3 Å². The van der Waals surface area contributed by atoms with Crippen molar-refractivity contribution in [2.24, 2.45) is 0 Å². The number of carbonyl (C=O) groups is 2. The van der Waals surface area contributed by atoms with Crippen LogP contribution in [0.15, 0.2) is 60.7 Å². The Balaban J connectivity index is 1.51. The number of benzene rings is 4. The number of hydrogen-bond acceptors (Lipinski definition) is 10. The van der Waals surface area contributed by atoms with Crippen LogP contribution in [0.3, 0.4) is 0 Å². The van der Waals surface area contributed by atoms with Gasteiger partial charge in [0.1, 0.15) is 17.8 Å². The fourth-order valence-electron chi connectivity index (χ4n) is 8.72. The van der Waals surface area contributed by atoms with E-state index in [2.05, 4.69) is 11.9 Å². The van der Waals surface area contributed by atoms with Crippen LogP contribution in [0.1, 0.15) is 65.7 Å². The largest absolute Gasteiger partial charge is 0.544 e. The molecule has 0 aliphatic carbocycles. The highest BCUT2D eigenvalue weighted by Gasteiger charge is 2.45. The molecule has 4 heterocycles. The van der Waals surface area contributed by atoms with Crippen molar-refractivity contribution in [1.82, 2.24) is 4.90 Å². The molecule has 4 aromatic carbocycles. The third-order valence-electron chi connectivity index (χ3n) is 11.6. The second-order valence-electron chi connectivity index (χ2n) is 14.7. The fraction of sp³-hybridized carbons (Fsp3) is 0.395. The molecule has 8 rings (SSSR count). The molecule has 4 atom stereocenters. The number of quaternary nitrogens is 1. The summed E-state index contributed by atoms with van der Waals surface area (Å²) in [6.45, 7) is 4.62. The van der Waals surface area contributed by atoms with Crippen molar-refractivity contribution in [2.45, 2.75) is 64.1 Å². The number of carbonyl (C=O) groups excluding carboxylic acids is 2. The van der Waals surface area contributed by atoms with Crippen molar-refractivity contribution >= 4 is 11.9 Å². The highest BCUT2D eigenvalue weighted by atomic mass is 16.6. The number of carboxylic acid groups (broad SMARTS) is 1. The monoisotopic (exact) mass is 736 g/mol. The molecular weight excluding hydrogens is 688 g/mol. The van der Waals surface area contributed by atoms with Gasteiger partial charge in [-0.3, -0.25) is 9.69 Å². The summed E-state index contributed by atoms with van der Waals surface area (Å²) in [6, 6.07) is 18.6. The van der Waals surface area contributed by atoms with Gasteiger partial charge in [-0.1, -0.05) is 25.1 Å². The maximum Gasteiger partial charge on any atom is 0.308 e. The number of esters is 1. The van der Waals surface area contributed by atoms with Crippen molar-refractivity contribution < 1.29 is 47.6 Å². The lowest BCUT2D eigenvalue weighted by molar-refractivity contribution is -0.958. The number of fused-ring (bicyclic) bond motifs is 2. The number of hydrogen-bond donors (Lipinski definition) is 0. The van der Waals surface area contributed by atoms with Gasteiger partial charge >= 0.3 is 5.97 Å². The van der Waals surface area contributed by atoms with Gasteiger partial charge in [-0.2, -0.15) is 0 Å². The van der Waals surface area contributed by atoms with Gasteiger partial charge in [0, 0.05) is 49.9 Å². The number of ether oxygens (including phenoxy) is 6. The summed E-state index contributed by atoms with van der Waals surface area (Å²) in [5.41, 5.74) is 5.92. The highest BCUT2D eigenvalue weighted by Crippen LogP contribution is 2.53. The molecule has 0 fully saturated rings. The zero-order valence-corrected chi connectivity index (χ0v) is 32.0. The molecule has 0 aromatic heterocycles. The zero-order valence-electron chi connectivity index (χ0n) is 32.0. The molecule has 11 nitrogen and oxygen atoms in total. The summed E-state index contributed by atoms with van der Waals surface area (Å²) in [6.07, 6.45) is 2.87. The van der Waals surface area contributed by atoms with Gasteiger partial charge in [0.05, 0.1) is 40.9 Å². The smallest absolute Gasteiger partial charge is 0.308 e. The van der Waals surface area contributed by atoms with Crippen LogP contribution in [0, 0.1) is 0 Å². The Morgan fingerprint density at radius 1 is 0.870 bits per heavy atom. The first-order valence-electron chi connectivity index (χ1n) is 18.5. The second-order valence-corrected chi connectivity index (χ2v) is 14.7. The first-order valence-corrected chi connectivity index (χ1v) is 18.5. The van der Waals surface area contributed by atoms with Crippen LogP contribution in [-0.4, -0.2) is 75.9 Å². The number of methoxy groups -OCH3 is 3. The molecule has 0 radical (unpaired) electrons. The quantitative estimate of drug-likeness (QED) is 0.125. The van der Waals surface area contributed by atoms with Crippen LogP contribution in [0.4, 0.5) is 0 Å². The Hall–Kier alpha value is -5.26. The highest BCUT2D eigenvalue weighted by molar-refractivity contribution is 5.74. The Morgan fingerprint density at radius 3 is 2.22 bits per heavy atom. The molecule has 0 saturated heterocycles. The van der Waals surface area contributed by atoms with Crippen molar-refractivity contribution in [3.63, 3.8) is 0 Å².